The number of amides is 2. The van der Waals surface area contributed by atoms with Gasteiger partial charge in [-0.15, -0.1) is 0 Å². The van der Waals surface area contributed by atoms with Gasteiger partial charge in [0.05, 0.1) is 5.92 Å². The fourth-order valence-corrected chi connectivity index (χ4v) is 5.68. The van der Waals surface area contributed by atoms with Gasteiger partial charge in [0, 0.05) is 38.4 Å². The lowest BCUT2D eigenvalue weighted by atomic mass is 9.99. The third kappa shape index (κ3) is 4.66. The van der Waals surface area contributed by atoms with E-state index in [1.807, 2.05) is 0 Å². The number of nitrogens with zero attached hydrogens (tertiary/aromatic N) is 2. The number of likely N-dealkylation sites (tertiary alicyclic amines) is 1. The number of carbonyl (C=O) groups is 2. The van der Waals surface area contributed by atoms with Gasteiger partial charge < -0.3 is 15.2 Å². The summed E-state index contributed by atoms with van der Waals surface area (Å²) in [5.41, 5.74) is 0.311. The van der Waals surface area contributed by atoms with E-state index in [2.05, 4.69) is 10.3 Å². The molecule has 0 unspecified atom stereocenters. The van der Waals surface area contributed by atoms with Crippen molar-refractivity contribution < 1.29 is 18.0 Å². The molecule has 3 heterocycles. The lowest BCUT2D eigenvalue weighted by molar-refractivity contribution is -0.126. The summed E-state index contributed by atoms with van der Waals surface area (Å²) in [6.45, 7) is 2.02. The van der Waals surface area contributed by atoms with Crippen LogP contribution < -0.4 is 5.32 Å². The predicted molar refractivity (Wildman–Crippen MR) is 108 cm³/mol. The van der Waals surface area contributed by atoms with Gasteiger partial charge in [-0.3, -0.25) is 9.59 Å². The van der Waals surface area contributed by atoms with Crippen molar-refractivity contribution in [2.75, 3.05) is 26.2 Å². The molecule has 1 atom stereocenters. The summed E-state index contributed by atoms with van der Waals surface area (Å²) in [6.07, 6.45) is 8.99. The summed E-state index contributed by atoms with van der Waals surface area (Å²) in [4.78, 5) is 29.9. The van der Waals surface area contributed by atoms with E-state index in [4.69, 9.17) is 0 Å². The molecule has 2 N–H and O–H groups in total. The number of piperidine rings is 1. The topological polar surface area (TPSA) is 103 Å². The van der Waals surface area contributed by atoms with Crippen molar-refractivity contribution in [2.24, 2.45) is 5.92 Å². The van der Waals surface area contributed by atoms with Crippen LogP contribution in [-0.2, 0) is 14.8 Å². The molecule has 2 saturated heterocycles. The summed E-state index contributed by atoms with van der Waals surface area (Å²) in [5.74, 6) is -0.497. The van der Waals surface area contributed by atoms with Gasteiger partial charge in [-0.2, -0.15) is 4.31 Å². The van der Waals surface area contributed by atoms with Gasteiger partial charge in [0.15, 0.2) is 0 Å². The standard InChI is InChI=1S/C20H30N4O4S/c25-19(22-16-7-8-16)15-6-5-11-24(14-15)29(27,28)17-12-18(21-13-17)20(26)23-9-3-1-2-4-10-23/h12-13,15-16,21H,1-11,14H2,(H,22,25)/t15-/m1/s1. The lowest BCUT2D eigenvalue weighted by Gasteiger charge is -2.31. The van der Waals surface area contributed by atoms with Crippen LogP contribution in [0.3, 0.4) is 0 Å². The molecule has 0 bridgehead atoms. The van der Waals surface area contributed by atoms with E-state index in [1.54, 1.807) is 4.90 Å². The quantitative estimate of drug-likeness (QED) is 0.754. The number of hydrogen-bond acceptors (Lipinski definition) is 4. The molecule has 2 aliphatic heterocycles. The second kappa shape index (κ2) is 8.47. The van der Waals surface area contributed by atoms with Crippen LogP contribution in [0, 0.1) is 5.92 Å². The first-order valence-electron chi connectivity index (χ1n) is 10.7. The highest BCUT2D eigenvalue weighted by Gasteiger charge is 2.36. The monoisotopic (exact) mass is 422 g/mol. The second-order valence-corrected chi connectivity index (χ2v) is 10.4. The molecule has 0 radical (unpaired) electrons. The maximum Gasteiger partial charge on any atom is 0.270 e. The Kier molecular flexibility index (Phi) is 5.96. The maximum atomic E-state index is 13.1. The molecule has 2 amide bonds. The number of sulfonamides is 1. The molecule has 4 rings (SSSR count). The lowest BCUT2D eigenvalue weighted by Crippen LogP contribution is -2.45. The van der Waals surface area contributed by atoms with E-state index < -0.39 is 10.0 Å². The molecule has 1 aromatic heterocycles. The number of nitrogens with one attached hydrogen (secondary N) is 2. The van der Waals surface area contributed by atoms with E-state index in [-0.39, 0.29) is 35.2 Å². The molecule has 1 aromatic rings. The van der Waals surface area contributed by atoms with Crippen LogP contribution in [0.1, 0.15) is 61.9 Å². The maximum absolute atomic E-state index is 13.1. The number of rotatable bonds is 5. The van der Waals surface area contributed by atoms with Crippen molar-refractivity contribution in [1.29, 1.82) is 0 Å². The summed E-state index contributed by atoms with van der Waals surface area (Å²) < 4.78 is 27.6. The molecule has 1 aliphatic carbocycles. The minimum absolute atomic E-state index is 0.0431. The molecule has 9 heteroatoms. The number of H-pyrrole nitrogens is 1. The van der Waals surface area contributed by atoms with Crippen LogP contribution in [0.4, 0.5) is 0 Å². The van der Waals surface area contributed by atoms with Gasteiger partial charge in [0.2, 0.25) is 15.9 Å². The van der Waals surface area contributed by atoms with E-state index in [9.17, 15) is 18.0 Å². The van der Waals surface area contributed by atoms with E-state index in [0.717, 1.165) is 38.5 Å². The first kappa shape index (κ1) is 20.4. The second-order valence-electron chi connectivity index (χ2n) is 8.44. The number of hydrogen-bond donors (Lipinski definition) is 2. The van der Waals surface area contributed by atoms with Crippen molar-refractivity contribution in [3.8, 4) is 0 Å². The molecule has 3 aliphatic rings. The van der Waals surface area contributed by atoms with Crippen molar-refractivity contribution >= 4 is 21.8 Å². The average molecular weight is 423 g/mol. The molecule has 160 valence electrons. The first-order chi connectivity index (χ1) is 13.9. The Balaban J connectivity index is 1.44. The summed E-state index contributed by atoms with van der Waals surface area (Å²) in [5, 5.41) is 2.98. The largest absolute Gasteiger partial charge is 0.356 e. The number of carbonyl (C=O) groups excluding carboxylic acids is 2. The van der Waals surface area contributed by atoms with Crippen molar-refractivity contribution in [3.05, 3.63) is 18.0 Å². The van der Waals surface area contributed by atoms with E-state index in [0.29, 0.717) is 38.2 Å². The zero-order valence-electron chi connectivity index (χ0n) is 16.7. The van der Waals surface area contributed by atoms with E-state index in [1.165, 1.54) is 16.6 Å². The zero-order valence-corrected chi connectivity index (χ0v) is 17.5. The Bertz CT molecular complexity index is 854. The Hall–Kier alpha value is -1.87. The normalized spacial score (nSPS) is 24.1. The third-order valence-corrected chi connectivity index (χ3v) is 7.94. The molecule has 1 saturated carbocycles. The molecular weight excluding hydrogens is 392 g/mol. The minimum atomic E-state index is -3.74. The highest BCUT2D eigenvalue weighted by molar-refractivity contribution is 7.89. The Morgan fingerprint density at radius 1 is 1.00 bits per heavy atom. The van der Waals surface area contributed by atoms with Crippen molar-refractivity contribution in [3.63, 3.8) is 0 Å². The summed E-state index contributed by atoms with van der Waals surface area (Å²) in [7, 11) is -3.74. The Labute approximate surface area is 172 Å². The number of aromatic nitrogens is 1. The van der Waals surface area contributed by atoms with E-state index >= 15 is 0 Å². The molecule has 0 aromatic carbocycles. The Morgan fingerprint density at radius 2 is 1.72 bits per heavy atom. The predicted octanol–water partition coefficient (Wildman–Crippen LogP) is 1.71. The minimum Gasteiger partial charge on any atom is -0.356 e. The molecule has 8 nitrogen and oxygen atoms in total. The van der Waals surface area contributed by atoms with Gasteiger partial charge in [-0.25, -0.2) is 8.42 Å². The van der Waals surface area contributed by atoms with Crippen LogP contribution in [0.25, 0.3) is 0 Å². The number of aromatic amines is 1. The summed E-state index contributed by atoms with van der Waals surface area (Å²) in [6, 6.07) is 1.71. The first-order valence-corrected chi connectivity index (χ1v) is 12.2. The molecular formula is C20H30N4O4S. The van der Waals surface area contributed by atoms with Crippen LogP contribution >= 0.6 is 0 Å². The van der Waals surface area contributed by atoms with Gasteiger partial charge in [-0.05, 0) is 44.6 Å². The average Bonchev–Trinajstić information content (AvgIpc) is 3.46. The van der Waals surface area contributed by atoms with Gasteiger partial charge in [-0.1, -0.05) is 12.8 Å². The molecule has 0 spiro atoms. The van der Waals surface area contributed by atoms with Gasteiger partial charge >= 0.3 is 0 Å². The van der Waals surface area contributed by atoms with Gasteiger partial charge in [0.1, 0.15) is 10.6 Å². The van der Waals surface area contributed by atoms with Crippen LogP contribution in [0.5, 0.6) is 0 Å². The van der Waals surface area contributed by atoms with Crippen LogP contribution in [-0.4, -0.2) is 66.6 Å². The Morgan fingerprint density at radius 3 is 2.41 bits per heavy atom. The zero-order chi connectivity index (χ0) is 20.4. The van der Waals surface area contributed by atoms with Gasteiger partial charge in [0.25, 0.3) is 5.91 Å². The fourth-order valence-electron chi connectivity index (χ4n) is 4.16. The highest BCUT2D eigenvalue weighted by atomic mass is 32.2. The van der Waals surface area contributed by atoms with Crippen LogP contribution in [0.15, 0.2) is 17.2 Å². The molecule has 29 heavy (non-hydrogen) atoms. The SMILES string of the molecule is O=C(NC1CC1)[C@@H]1CCCN(S(=O)(=O)c2c[nH]c(C(=O)N3CCCCCC3)c2)C1. The third-order valence-electron chi connectivity index (χ3n) is 6.10. The smallest absolute Gasteiger partial charge is 0.270 e. The van der Waals surface area contributed by atoms with Crippen molar-refractivity contribution in [2.45, 2.75) is 62.3 Å². The highest BCUT2D eigenvalue weighted by Crippen LogP contribution is 2.26. The fraction of sp³-hybridized carbons (Fsp3) is 0.700. The van der Waals surface area contributed by atoms with Crippen molar-refractivity contribution in [1.82, 2.24) is 19.5 Å². The van der Waals surface area contributed by atoms with Crippen LogP contribution in [0.2, 0.25) is 0 Å². The summed E-state index contributed by atoms with van der Waals surface area (Å²) >= 11 is 0. The molecule has 3 fully saturated rings.